The molecule has 28 heavy (non-hydrogen) atoms. The van der Waals surface area contributed by atoms with Crippen molar-refractivity contribution in [1.29, 1.82) is 0 Å². The first-order valence-electron chi connectivity index (χ1n) is 8.76. The number of halogens is 1. The summed E-state index contributed by atoms with van der Waals surface area (Å²) in [5, 5.41) is 4.24. The fourth-order valence-electron chi connectivity index (χ4n) is 2.75. The molecule has 0 unspecified atom stereocenters. The topological polar surface area (TPSA) is 64.0 Å². The van der Waals surface area contributed by atoms with Crippen molar-refractivity contribution in [3.05, 3.63) is 77.1 Å². The Bertz CT molecular complexity index is 968. The van der Waals surface area contributed by atoms with Gasteiger partial charge in [-0.1, -0.05) is 47.6 Å². The molecule has 2 aromatic carbocycles. The number of aromatic nitrogens is 2. The zero-order chi connectivity index (χ0) is 20.1. The summed E-state index contributed by atoms with van der Waals surface area (Å²) in [5.74, 6) is 0.222. The van der Waals surface area contributed by atoms with Gasteiger partial charge in [-0.25, -0.2) is 4.98 Å². The highest BCUT2D eigenvalue weighted by Crippen LogP contribution is 2.23. The molecule has 1 amide bonds. The molecule has 0 spiro atoms. The number of amides is 1. The normalized spacial score (nSPS) is 11.8. The number of benzene rings is 2. The van der Waals surface area contributed by atoms with Crippen molar-refractivity contribution in [1.82, 2.24) is 14.9 Å². The average molecular weight is 414 g/mol. The van der Waals surface area contributed by atoms with Crippen LogP contribution in [0.2, 0.25) is 5.02 Å². The van der Waals surface area contributed by atoms with E-state index in [1.165, 1.54) is 18.7 Å². The third-order valence-corrected chi connectivity index (χ3v) is 5.42. The van der Waals surface area contributed by atoms with Crippen molar-refractivity contribution in [3.63, 3.8) is 0 Å². The number of nitrogens with one attached hydrogen (secondary N) is 1. The quantitative estimate of drug-likeness (QED) is 0.450. The van der Waals surface area contributed by atoms with Gasteiger partial charge in [-0.2, -0.15) is 0 Å². The molecule has 0 aliphatic carbocycles. The van der Waals surface area contributed by atoms with E-state index in [1.807, 2.05) is 54.1 Å². The molecule has 3 rings (SSSR count). The highest BCUT2D eigenvalue weighted by Gasteiger charge is 2.12. The molecule has 3 aromatic rings. The number of Topliss-reactive ketones (excluding diaryl/α,β-unsaturated/α-hetero) is 1. The van der Waals surface area contributed by atoms with Crippen LogP contribution in [0.1, 0.15) is 35.8 Å². The van der Waals surface area contributed by atoms with E-state index in [1.54, 1.807) is 18.3 Å². The van der Waals surface area contributed by atoms with E-state index in [4.69, 9.17) is 11.6 Å². The molecule has 1 N–H and O–H groups in total. The Morgan fingerprint density at radius 2 is 1.82 bits per heavy atom. The van der Waals surface area contributed by atoms with Crippen LogP contribution in [0.15, 0.2) is 66.1 Å². The van der Waals surface area contributed by atoms with E-state index in [9.17, 15) is 9.59 Å². The van der Waals surface area contributed by atoms with Crippen LogP contribution in [0, 0.1) is 0 Å². The minimum atomic E-state index is -0.0946. The van der Waals surface area contributed by atoms with Gasteiger partial charge in [-0.15, -0.1) is 0 Å². The zero-order valence-electron chi connectivity index (χ0n) is 15.6. The maximum absolute atomic E-state index is 12.5. The first kappa shape index (κ1) is 20.2. The van der Waals surface area contributed by atoms with Gasteiger partial charge >= 0.3 is 0 Å². The lowest BCUT2D eigenvalue weighted by Crippen LogP contribution is -2.23. The molecule has 0 radical (unpaired) electrons. The van der Waals surface area contributed by atoms with Gasteiger partial charge < -0.3 is 5.32 Å². The summed E-state index contributed by atoms with van der Waals surface area (Å²) in [7, 11) is 0. The number of carbonyl (C=O) groups is 2. The second kappa shape index (κ2) is 9.08. The maximum atomic E-state index is 12.5. The van der Waals surface area contributed by atoms with Crippen LogP contribution in [-0.2, 0) is 4.79 Å². The lowest BCUT2D eigenvalue weighted by molar-refractivity contribution is -0.119. The Morgan fingerprint density at radius 1 is 1.14 bits per heavy atom. The van der Waals surface area contributed by atoms with Crippen molar-refractivity contribution < 1.29 is 9.59 Å². The van der Waals surface area contributed by atoms with Gasteiger partial charge in [-0.05, 0) is 36.8 Å². The minimum absolute atomic E-state index is 0.0226. The molecule has 0 aliphatic heterocycles. The number of carbonyl (C=O) groups excluding carboxylic acids is 2. The third-order valence-electron chi connectivity index (χ3n) is 4.20. The van der Waals surface area contributed by atoms with Gasteiger partial charge in [0.2, 0.25) is 5.91 Å². The Hall–Kier alpha value is -2.57. The van der Waals surface area contributed by atoms with Crippen LogP contribution >= 0.6 is 23.4 Å². The molecule has 0 saturated heterocycles. The van der Waals surface area contributed by atoms with E-state index >= 15 is 0 Å². The number of ketones is 1. The molecule has 5 nitrogen and oxygen atoms in total. The second-order valence-electron chi connectivity index (χ2n) is 6.31. The Labute approximate surface area is 173 Å². The SMILES string of the molecule is CC(=O)N[C@@H](C)c1ccc(C(=O)CSc2nccn2-c2ccc(Cl)cc2)cc1. The summed E-state index contributed by atoms with van der Waals surface area (Å²) in [6, 6.07) is 14.7. The average Bonchev–Trinajstić information content (AvgIpc) is 3.15. The Kier molecular flexibility index (Phi) is 6.54. The third kappa shape index (κ3) is 5.03. The molecule has 1 aromatic heterocycles. The Balaban J connectivity index is 1.64. The van der Waals surface area contributed by atoms with Crippen LogP contribution in [0.4, 0.5) is 0 Å². The highest BCUT2D eigenvalue weighted by atomic mass is 35.5. The zero-order valence-corrected chi connectivity index (χ0v) is 17.1. The monoisotopic (exact) mass is 413 g/mol. The van der Waals surface area contributed by atoms with Crippen LogP contribution in [0.3, 0.4) is 0 Å². The summed E-state index contributed by atoms with van der Waals surface area (Å²) in [6.07, 6.45) is 3.56. The smallest absolute Gasteiger partial charge is 0.217 e. The fourth-order valence-corrected chi connectivity index (χ4v) is 3.75. The van der Waals surface area contributed by atoms with Gasteiger partial charge in [-0.3, -0.25) is 14.2 Å². The maximum Gasteiger partial charge on any atom is 0.217 e. The van der Waals surface area contributed by atoms with Crippen molar-refractivity contribution in [2.45, 2.75) is 25.0 Å². The standard InChI is InChI=1S/C21H20ClN3O2S/c1-14(24-15(2)26)16-3-5-17(6-4-16)20(27)13-28-21-23-11-12-25(21)19-9-7-18(22)8-10-19/h3-12,14H,13H2,1-2H3,(H,24,26)/t14-/m0/s1. The summed E-state index contributed by atoms with van der Waals surface area (Å²) in [6.45, 7) is 3.39. The molecule has 0 fully saturated rings. The van der Waals surface area contributed by atoms with Gasteiger partial charge in [0.05, 0.1) is 11.8 Å². The molecule has 0 bridgehead atoms. The number of rotatable bonds is 7. The summed E-state index contributed by atoms with van der Waals surface area (Å²) in [5.41, 5.74) is 2.53. The first-order valence-corrected chi connectivity index (χ1v) is 10.1. The lowest BCUT2D eigenvalue weighted by Gasteiger charge is -2.13. The van der Waals surface area contributed by atoms with E-state index in [0.717, 1.165) is 16.4 Å². The number of hydrogen-bond donors (Lipinski definition) is 1. The van der Waals surface area contributed by atoms with Crippen LogP contribution in [0.5, 0.6) is 0 Å². The highest BCUT2D eigenvalue weighted by molar-refractivity contribution is 7.99. The van der Waals surface area contributed by atoms with Crippen molar-refractivity contribution in [3.8, 4) is 5.69 Å². The molecular formula is C21H20ClN3O2S. The number of nitrogens with zero attached hydrogens (tertiary/aromatic N) is 2. The van der Waals surface area contributed by atoms with Gasteiger partial charge in [0.25, 0.3) is 0 Å². The molecular weight excluding hydrogens is 394 g/mol. The number of hydrogen-bond acceptors (Lipinski definition) is 4. The summed E-state index contributed by atoms with van der Waals surface area (Å²) >= 11 is 7.33. The van der Waals surface area contributed by atoms with Crippen LogP contribution in [-0.4, -0.2) is 27.0 Å². The largest absolute Gasteiger partial charge is 0.350 e. The summed E-state index contributed by atoms with van der Waals surface area (Å²) in [4.78, 5) is 28.1. The van der Waals surface area contributed by atoms with Gasteiger partial charge in [0, 0.05) is 35.6 Å². The first-order chi connectivity index (χ1) is 13.4. The second-order valence-corrected chi connectivity index (χ2v) is 7.69. The van der Waals surface area contributed by atoms with Gasteiger partial charge in [0.15, 0.2) is 10.9 Å². The fraction of sp³-hybridized carbons (Fsp3) is 0.190. The predicted octanol–water partition coefficient (Wildman–Crippen LogP) is 4.70. The van der Waals surface area contributed by atoms with Crippen LogP contribution in [0.25, 0.3) is 5.69 Å². The number of imidazole rings is 1. The Morgan fingerprint density at radius 3 is 2.46 bits per heavy atom. The number of thioether (sulfide) groups is 1. The van der Waals surface area contributed by atoms with E-state index in [0.29, 0.717) is 10.6 Å². The van der Waals surface area contributed by atoms with Crippen molar-refractivity contribution >= 4 is 35.1 Å². The van der Waals surface area contributed by atoms with Gasteiger partial charge in [0.1, 0.15) is 0 Å². The molecule has 0 saturated carbocycles. The molecule has 0 aliphatic rings. The molecule has 1 heterocycles. The van der Waals surface area contributed by atoms with Crippen molar-refractivity contribution in [2.24, 2.45) is 0 Å². The van der Waals surface area contributed by atoms with E-state index < -0.39 is 0 Å². The van der Waals surface area contributed by atoms with E-state index in [2.05, 4.69) is 10.3 Å². The minimum Gasteiger partial charge on any atom is -0.350 e. The molecule has 1 atom stereocenters. The lowest BCUT2D eigenvalue weighted by atomic mass is 10.0. The molecule has 144 valence electrons. The predicted molar refractivity (Wildman–Crippen MR) is 112 cm³/mol. The van der Waals surface area contributed by atoms with E-state index in [-0.39, 0.29) is 23.5 Å². The van der Waals surface area contributed by atoms with Crippen molar-refractivity contribution in [2.75, 3.05) is 5.75 Å². The van der Waals surface area contributed by atoms with Crippen LogP contribution < -0.4 is 5.32 Å². The summed E-state index contributed by atoms with van der Waals surface area (Å²) < 4.78 is 1.92. The molecule has 7 heteroatoms.